The summed E-state index contributed by atoms with van der Waals surface area (Å²) in [6.45, 7) is 5.60. The number of alkyl carbamates (subject to hydrolysis) is 1. The van der Waals surface area contributed by atoms with Crippen molar-refractivity contribution in [2.24, 2.45) is 0 Å². The van der Waals surface area contributed by atoms with Crippen molar-refractivity contribution in [3.8, 4) is 17.1 Å². The second-order valence-electron chi connectivity index (χ2n) is 7.73. The SMILES string of the molecule is COC(=O)c1cnn(-c2ccc(-c3ccccc3)nn2)c1CCNC(=O)OC(C)(C)C. The molecule has 0 bridgehead atoms. The van der Waals surface area contributed by atoms with Crippen LogP contribution in [0.5, 0.6) is 0 Å². The van der Waals surface area contributed by atoms with Gasteiger partial charge in [-0.1, -0.05) is 30.3 Å². The molecule has 162 valence electrons. The van der Waals surface area contributed by atoms with Crippen molar-refractivity contribution in [1.29, 1.82) is 0 Å². The van der Waals surface area contributed by atoms with Crippen molar-refractivity contribution in [3.63, 3.8) is 0 Å². The number of benzene rings is 1. The van der Waals surface area contributed by atoms with Crippen LogP contribution < -0.4 is 5.32 Å². The highest BCUT2D eigenvalue weighted by Gasteiger charge is 2.21. The molecule has 0 fully saturated rings. The number of hydrogen-bond acceptors (Lipinski definition) is 7. The molecule has 2 heterocycles. The van der Waals surface area contributed by atoms with E-state index in [1.807, 2.05) is 36.4 Å². The van der Waals surface area contributed by atoms with Crippen LogP contribution in [0.2, 0.25) is 0 Å². The minimum absolute atomic E-state index is 0.236. The molecular weight excluding hydrogens is 398 g/mol. The zero-order valence-corrected chi connectivity index (χ0v) is 18.0. The summed E-state index contributed by atoms with van der Waals surface area (Å²) >= 11 is 0. The number of aromatic nitrogens is 4. The van der Waals surface area contributed by atoms with E-state index < -0.39 is 17.7 Å². The number of carbonyl (C=O) groups excluding carboxylic acids is 2. The van der Waals surface area contributed by atoms with Gasteiger partial charge in [-0.2, -0.15) is 5.10 Å². The number of esters is 1. The first-order chi connectivity index (χ1) is 14.8. The van der Waals surface area contributed by atoms with Gasteiger partial charge in [0, 0.05) is 18.5 Å². The maximum Gasteiger partial charge on any atom is 0.407 e. The van der Waals surface area contributed by atoms with Crippen LogP contribution in [0.25, 0.3) is 17.1 Å². The van der Waals surface area contributed by atoms with Crippen molar-refractivity contribution in [2.75, 3.05) is 13.7 Å². The predicted molar refractivity (Wildman–Crippen MR) is 114 cm³/mol. The number of nitrogens with zero attached hydrogens (tertiary/aromatic N) is 4. The molecule has 31 heavy (non-hydrogen) atoms. The Labute approximate surface area is 180 Å². The summed E-state index contributed by atoms with van der Waals surface area (Å²) in [7, 11) is 1.30. The average Bonchev–Trinajstić information content (AvgIpc) is 3.16. The Morgan fingerprint density at radius 1 is 1.06 bits per heavy atom. The van der Waals surface area contributed by atoms with Gasteiger partial charge < -0.3 is 14.8 Å². The lowest BCUT2D eigenvalue weighted by molar-refractivity contribution is 0.0528. The maximum atomic E-state index is 12.2. The van der Waals surface area contributed by atoms with Gasteiger partial charge in [-0.3, -0.25) is 0 Å². The number of carbonyl (C=O) groups is 2. The number of hydrogen-bond donors (Lipinski definition) is 1. The quantitative estimate of drug-likeness (QED) is 0.607. The molecule has 0 aliphatic rings. The van der Waals surface area contributed by atoms with Crippen LogP contribution >= 0.6 is 0 Å². The Kier molecular flexibility index (Phi) is 6.64. The lowest BCUT2D eigenvalue weighted by Crippen LogP contribution is -2.34. The first-order valence-corrected chi connectivity index (χ1v) is 9.80. The van der Waals surface area contributed by atoms with E-state index in [0.717, 1.165) is 11.3 Å². The normalized spacial score (nSPS) is 11.1. The Morgan fingerprint density at radius 3 is 2.42 bits per heavy atom. The lowest BCUT2D eigenvalue weighted by atomic mass is 10.1. The summed E-state index contributed by atoms with van der Waals surface area (Å²) in [5.74, 6) is -0.0746. The molecule has 0 saturated carbocycles. The van der Waals surface area contributed by atoms with E-state index in [-0.39, 0.29) is 6.54 Å². The van der Waals surface area contributed by atoms with Crippen LogP contribution in [0.1, 0.15) is 36.8 Å². The molecule has 2 aromatic heterocycles. The van der Waals surface area contributed by atoms with Gasteiger partial charge in [-0.15, -0.1) is 10.2 Å². The van der Waals surface area contributed by atoms with E-state index >= 15 is 0 Å². The molecule has 1 amide bonds. The number of rotatable bonds is 6. The van der Waals surface area contributed by atoms with Gasteiger partial charge in [0.1, 0.15) is 11.2 Å². The van der Waals surface area contributed by atoms with Gasteiger partial charge >= 0.3 is 12.1 Å². The van der Waals surface area contributed by atoms with Crippen molar-refractivity contribution in [1.82, 2.24) is 25.3 Å². The van der Waals surface area contributed by atoms with E-state index in [4.69, 9.17) is 9.47 Å². The Bertz CT molecular complexity index is 1040. The van der Waals surface area contributed by atoms with E-state index in [9.17, 15) is 9.59 Å². The van der Waals surface area contributed by atoms with Gasteiger partial charge in [0.2, 0.25) is 0 Å². The van der Waals surface area contributed by atoms with Crippen LogP contribution in [-0.4, -0.2) is 51.3 Å². The number of methoxy groups -OCH3 is 1. The second kappa shape index (κ2) is 9.38. The molecule has 0 saturated heterocycles. The molecule has 0 atom stereocenters. The summed E-state index contributed by atoms with van der Waals surface area (Å²) in [5, 5.41) is 15.5. The van der Waals surface area contributed by atoms with Gasteiger partial charge in [0.25, 0.3) is 0 Å². The summed E-state index contributed by atoms with van der Waals surface area (Å²) in [5.41, 5.74) is 1.91. The van der Waals surface area contributed by atoms with Crippen LogP contribution in [0.15, 0.2) is 48.7 Å². The molecule has 0 aliphatic carbocycles. The van der Waals surface area contributed by atoms with Crippen molar-refractivity contribution in [3.05, 3.63) is 59.9 Å². The monoisotopic (exact) mass is 423 g/mol. The van der Waals surface area contributed by atoms with E-state index in [1.165, 1.54) is 18.0 Å². The highest BCUT2D eigenvalue weighted by atomic mass is 16.6. The van der Waals surface area contributed by atoms with E-state index in [0.29, 0.717) is 23.5 Å². The average molecular weight is 423 g/mol. The van der Waals surface area contributed by atoms with Gasteiger partial charge in [-0.05, 0) is 32.9 Å². The smallest absolute Gasteiger partial charge is 0.407 e. The zero-order valence-electron chi connectivity index (χ0n) is 18.0. The molecule has 0 aliphatic heterocycles. The standard InChI is InChI=1S/C22H25N5O4/c1-22(2,3)31-21(29)23-13-12-18-16(20(28)30-4)14-24-27(18)19-11-10-17(25-26-19)15-8-6-5-7-9-15/h5-11,14H,12-13H2,1-4H3,(H,23,29). The maximum absolute atomic E-state index is 12.2. The Morgan fingerprint density at radius 2 is 1.81 bits per heavy atom. The largest absolute Gasteiger partial charge is 0.465 e. The van der Waals surface area contributed by atoms with Crippen molar-refractivity contribution >= 4 is 12.1 Å². The van der Waals surface area contributed by atoms with Crippen LogP contribution in [0.4, 0.5) is 4.79 Å². The fourth-order valence-electron chi connectivity index (χ4n) is 2.89. The third-order valence-electron chi connectivity index (χ3n) is 4.24. The molecule has 3 aromatic rings. The summed E-state index contributed by atoms with van der Waals surface area (Å²) in [6.07, 6.45) is 1.19. The summed E-state index contributed by atoms with van der Waals surface area (Å²) < 4.78 is 11.6. The molecule has 9 heteroatoms. The summed E-state index contributed by atoms with van der Waals surface area (Å²) in [6, 6.07) is 13.3. The first kappa shape index (κ1) is 21.9. The van der Waals surface area contributed by atoms with E-state index in [2.05, 4.69) is 20.6 Å². The van der Waals surface area contributed by atoms with Crippen LogP contribution in [0, 0.1) is 0 Å². The number of ether oxygens (including phenoxy) is 2. The van der Waals surface area contributed by atoms with Gasteiger partial charge in [-0.25, -0.2) is 14.3 Å². The Hall–Kier alpha value is -3.75. The third kappa shape index (κ3) is 5.65. The number of amides is 1. The predicted octanol–water partition coefficient (Wildman–Crippen LogP) is 3.18. The van der Waals surface area contributed by atoms with Crippen LogP contribution in [0.3, 0.4) is 0 Å². The molecule has 1 N–H and O–H groups in total. The van der Waals surface area contributed by atoms with Gasteiger partial charge in [0.15, 0.2) is 5.82 Å². The first-order valence-electron chi connectivity index (χ1n) is 9.80. The molecule has 1 aromatic carbocycles. The molecular formula is C22H25N5O4. The lowest BCUT2D eigenvalue weighted by Gasteiger charge is -2.19. The second-order valence-corrected chi connectivity index (χ2v) is 7.73. The van der Waals surface area contributed by atoms with Crippen molar-refractivity contribution < 1.29 is 19.1 Å². The topological polar surface area (TPSA) is 108 Å². The zero-order chi connectivity index (χ0) is 22.4. The fourth-order valence-corrected chi connectivity index (χ4v) is 2.89. The van der Waals surface area contributed by atoms with E-state index in [1.54, 1.807) is 26.8 Å². The fraction of sp³-hybridized carbons (Fsp3) is 0.318. The molecule has 0 spiro atoms. The highest BCUT2D eigenvalue weighted by molar-refractivity contribution is 5.90. The molecule has 3 rings (SSSR count). The highest BCUT2D eigenvalue weighted by Crippen LogP contribution is 2.19. The van der Waals surface area contributed by atoms with Crippen molar-refractivity contribution in [2.45, 2.75) is 32.8 Å². The minimum Gasteiger partial charge on any atom is -0.465 e. The molecule has 0 unspecified atom stereocenters. The van der Waals surface area contributed by atoms with Crippen LogP contribution in [-0.2, 0) is 15.9 Å². The third-order valence-corrected chi connectivity index (χ3v) is 4.24. The molecule has 0 radical (unpaired) electrons. The van der Waals surface area contributed by atoms with Gasteiger partial charge in [0.05, 0.1) is 24.7 Å². The Balaban J connectivity index is 1.81. The molecule has 9 nitrogen and oxygen atoms in total. The summed E-state index contributed by atoms with van der Waals surface area (Å²) in [4.78, 5) is 24.1. The number of nitrogens with one attached hydrogen (secondary N) is 1. The minimum atomic E-state index is -0.598.